The van der Waals surface area contributed by atoms with Gasteiger partial charge in [0.2, 0.25) is 5.75 Å². The summed E-state index contributed by atoms with van der Waals surface area (Å²) in [4.78, 5) is 8.73. The van der Waals surface area contributed by atoms with Crippen LogP contribution in [0, 0.1) is 0 Å². The van der Waals surface area contributed by atoms with E-state index in [1.54, 1.807) is 19.2 Å². The number of ether oxygens (including phenoxy) is 3. The number of nitrogens with zero attached hydrogens (tertiary/aromatic N) is 2. The molecule has 4 aromatic rings. The highest BCUT2D eigenvalue weighted by Gasteiger charge is 2.17. The summed E-state index contributed by atoms with van der Waals surface area (Å²) in [6.07, 6.45) is 0. The lowest BCUT2D eigenvalue weighted by Gasteiger charge is -2.13. The molecule has 4 rings (SSSR count). The van der Waals surface area contributed by atoms with Crippen molar-refractivity contribution in [3.63, 3.8) is 0 Å². The van der Waals surface area contributed by atoms with Crippen molar-refractivity contribution in [1.82, 2.24) is 9.97 Å². The van der Waals surface area contributed by atoms with Crippen molar-refractivity contribution < 1.29 is 14.2 Å². The molecule has 31 heavy (non-hydrogen) atoms. The van der Waals surface area contributed by atoms with E-state index in [1.165, 1.54) is 0 Å². The van der Waals surface area contributed by atoms with Crippen molar-refractivity contribution in [2.45, 2.75) is 6.61 Å². The Labute approximate surface area is 190 Å². The number of rotatable bonds is 7. The molecule has 0 fully saturated rings. The number of halogens is 2. The average Bonchev–Trinajstić information content (AvgIpc) is 2.81. The van der Waals surface area contributed by atoms with Gasteiger partial charge >= 0.3 is 0 Å². The van der Waals surface area contributed by atoms with Gasteiger partial charge in [-0.25, -0.2) is 9.97 Å². The van der Waals surface area contributed by atoms with Crippen molar-refractivity contribution in [1.29, 1.82) is 0 Å². The first-order valence-corrected chi connectivity index (χ1v) is 10.2. The van der Waals surface area contributed by atoms with Crippen molar-refractivity contribution >= 4 is 23.2 Å². The normalized spacial score (nSPS) is 10.5. The van der Waals surface area contributed by atoms with Gasteiger partial charge in [-0.15, -0.1) is 0 Å². The van der Waals surface area contributed by atoms with Gasteiger partial charge in [-0.2, -0.15) is 0 Å². The maximum atomic E-state index is 6.38. The first kappa shape index (κ1) is 21.0. The van der Waals surface area contributed by atoms with E-state index in [9.17, 15) is 0 Å². The standard InChI is InChI=1S/C24H18Cl2N2O3/c1-29-19-12-5-6-13-20(19)31-21-22(25)27-24(28-23(21)26)17-10-7-11-18(14-17)30-15-16-8-3-2-4-9-16/h2-14H,15H2,1H3. The smallest absolute Gasteiger partial charge is 0.202 e. The number of aromatic nitrogens is 2. The Morgan fingerprint density at radius 3 is 2.16 bits per heavy atom. The van der Waals surface area contributed by atoms with Gasteiger partial charge in [0, 0.05) is 5.56 Å². The Morgan fingerprint density at radius 2 is 1.45 bits per heavy atom. The number of methoxy groups -OCH3 is 1. The van der Waals surface area contributed by atoms with Crippen molar-refractivity contribution in [2.24, 2.45) is 0 Å². The predicted octanol–water partition coefficient (Wildman–Crippen LogP) is 6.83. The van der Waals surface area contributed by atoms with Crippen LogP contribution in [0.3, 0.4) is 0 Å². The van der Waals surface area contributed by atoms with Gasteiger partial charge in [-0.1, -0.05) is 77.8 Å². The average molecular weight is 453 g/mol. The fraction of sp³-hybridized carbons (Fsp3) is 0.0833. The molecule has 0 bridgehead atoms. The summed E-state index contributed by atoms with van der Waals surface area (Å²) in [6.45, 7) is 0.457. The molecule has 0 aliphatic carbocycles. The Morgan fingerprint density at radius 1 is 0.774 bits per heavy atom. The number of benzene rings is 3. The highest BCUT2D eigenvalue weighted by Crippen LogP contribution is 2.39. The van der Waals surface area contributed by atoms with Crippen molar-refractivity contribution in [3.8, 4) is 34.4 Å². The molecule has 5 nitrogen and oxygen atoms in total. The number of hydrogen-bond donors (Lipinski definition) is 0. The summed E-state index contributed by atoms with van der Waals surface area (Å²) < 4.78 is 17.0. The molecule has 0 radical (unpaired) electrons. The van der Waals surface area contributed by atoms with Crippen LogP contribution in [-0.2, 0) is 6.61 Å². The van der Waals surface area contributed by atoms with E-state index in [4.69, 9.17) is 37.4 Å². The summed E-state index contributed by atoms with van der Waals surface area (Å²) >= 11 is 12.8. The summed E-state index contributed by atoms with van der Waals surface area (Å²) in [5, 5.41) is 0.188. The molecule has 0 saturated carbocycles. The summed E-state index contributed by atoms with van der Waals surface area (Å²) in [6, 6.07) is 24.5. The molecule has 0 aliphatic heterocycles. The molecule has 0 saturated heterocycles. The van der Waals surface area contributed by atoms with E-state index in [0.717, 1.165) is 11.1 Å². The van der Waals surface area contributed by atoms with Crippen LogP contribution in [0.2, 0.25) is 10.3 Å². The van der Waals surface area contributed by atoms with Crippen LogP contribution in [0.1, 0.15) is 5.56 Å². The van der Waals surface area contributed by atoms with Crippen LogP contribution >= 0.6 is 23.2 Å². The lowest BCUT2D eigenvalue weighted by Crippen LogP contribution is -1.98. The summed E-state index contributed by atoms with van der Waals surface area (Å²) in [5.41, 5.74) is 1.80. The molecular weight excluding hydrogens is 435 g/mol. The lowest BCUT2D eigenvalue weighted by atomic mass is 10.2. The van der Waals surface area contributed by atoms with Gasteiger partial charge in [0.25, 0.3) is 0 Å². The maximum absolute atomic E-state index is 6.38. The lowest BCUT2D eigenvalue weighted by molar-refractivity contribution is 0.306. The van der Waals surface area contributed by atoms with Crippen LogP contribution in [0.25, 0.3) is 11.4 Å². The van der Waals surface area contributed by atoms with Crippen LogP contribution < -0.4 is 14.2 Å². The van der Waals surface area contributed by atoms with Crippen LogP contribution in [-0.4, -0.2) is 17.1 Å². The molecule has 156 valence electrons. The van der Waals surface area contributed by atoms with Crippen LogP contribution in [0.5, 0.6) is 23.0 Å². The molecule has 0 N–H and O–H groups in total. The Kier molecular flexibility index (Phi) is 6.55. The zero-order valence-electron chi connectivity index (χ0n) is 16.6. The minimum absolute atomic E-state index is 0.0940. The maximum Gasteiger partial charge on any atom is 0.202 e. The second kappa shape index (κ2) is 9.69. The Hall–Kier alpha value is -3.28. The highest BCUT2D eigenvalue weighted by atomic mass is 35.5. The van der Waals surface area contributed by atoms with Crippen molar-refractivity contribution in [2.75, 3.05) is 7.11 Å². The zero-order valence-corrected chi connectivity index (χ0v) is 18.1. The third-order valence-corrected chi connectivity index (χ3v) is 4.92. The third kappa shape index (κ3) is 5.08. The van der Waals surface area contributed by atoms with E-state index in [2.05, 4.69) is 9.97 Å². The van der Waals surface area contributed by atoms with E-state index in [-0.39, 0.29) is 16.1 Å². The Bertz CT molecular complexity index is 1160. The van der Waals surface area contributed by atoms with Crippen LogP contribution in [0.4, 0.5) is 0 Å². The molecular formula is C24H18Cl2N2O3. The topological polar surface area (TPSA) is 53.5 Å². The molecule has 3 aromatic carbocycles. The molecule has 7 heteroatoms. The van der Waals surface area contributed by atoms with Crippen molar-refractivity contribution in [3.05, 3.63) is 94.7 Å². The molecule has 0 amide bonds. The Balaban J connectivity index is 1.56. The summed E-state index contributed by atoms with van der Waals surface area (Å²) in [5.74, 6) is 2.22. The van der Waals surface area contributed by atoms with Gasteiger partial charge in [-0.05, 0) is 29.8 Å². The summed E-state index contributed by atoms with van der Waals surface area (Å²) in [7, 11) is 1.55. The molecule has 1 aromatic heterocycles. The minimum atomic E-state index is 0.0940. The number of para-hydroxylation sites is 2. The fourth-order valence-electron chi connectivity index (χ4n) is 2.89. The molecule has 0 aliphatic rings. The fourth-order valence-corrected chi connectivity index (χ4v) is 3.35. The van der Waals surface area contributed by atoms with E-state index >= 15 is 0 Å². The second-order valence-electron chi connectivity index (χ2n) is 6.51. The van der Waals surface area contributed by atoms with E-state index in [0.29, 0.717) is 29.7 Å². The van der Waals surface area contributed by atoms with Gasteiger partial charge < -0.3 is 14.2 Å². The third-order valence-electron chi connectivity index (χ3n) is 4.40. The zero-order chi connectivity index (χ0) is 21.6. The van der Waals surface area contributed by atoms with Crippen LogP contribution in [0.15, 0.2) is 78.9 Å². The SMILES string of the molecule is COc1ccccc1Oc1c(Cl)nc(-c2cccc(OCc3ccccc3)c2)nc1Cl. The van der Waals surface area contributed by atoms with Gasteiger partial charge in [0.05, 0.1) is 7.11 Å². The van der Waals surface area contributed by atoms with Gasteiger partial charge in [-0.3, -0.25) is 0 Å². The quantitative estimate of drug-likeness (QED) is 0.287. The largest absolute Gasteiger partial charge is 0.493 e. The molecule has 0 spiro atoms. The molecule has 0 atom stereocenters. The first-order chi connectivity index (χ1) is 15.1. The molecule has 0 unspecified atom stereocenters. The highest BCUT2D eigenvalue weighted by molar-refractivity contribution is 6.35. The second-order valence-corrected chi connectivity index (χ2v) is 7.23. The predicted molar refractivity (Wildman–Crippen MR) is 121 cm³/mol. The van der Waals surface area contributed by atoms with E-state index in [1.807, 2.05) is 66.7 Å². The first-order valence-electron chi connectivity index (χ1n) is 9.45. The van der Waals surface area contributed by atoms with Gasteiger partial charge in [0.15, 0.2) is 27.6 Å². The number of hydrogen-bond acceptors (Lipinski definition) is 5. The van der Waals surface area contributed by atoms with Gasteiger partial charge in [0.1, 0.15) is 12.4 Å². The van der Waals surface area contributed by atoms with E-state index < -0.39 is 0 Å². The molecule has 1 heterocycles. The monoisotopic (exact) mass is 452 g/mol. The minimum Gasteiger partial charge on any atom is -0.493 e.